The quantitative estimate of drug-likeness (QED) is 0.168. The maximum atomic E-state index is 7.00. The second-order valence-electron chi connectivity index (χ2n) is 15.5. The van der Waals surface area contributed by atoms with Gasteiger partial charge in [0.2, 0.25) is 0 Å². The number of aromatic nitrogens is 1. The third-order valence-corrected chi connectivity index (χ3v) is 12.3. The predicted octanol–water partition coefficient (Wildman–Crippen LogP) is 13.0. The maximum Gasteiger partial charge on any atom is 0.434 e. The van der Waals surface area contributed by atoms with Gasteiger partial charge in [0.05, 0.1) is 16.7 Å². The van der Waals surface area contributed by atoms with Gasteiger partial charge in [0.15, 0.2) is 0 Å². The lowest BCUT2D eigenvalue weighted by molar-refractivity contribution is 0.479. The Morgan fingerprint density at radius 3 is 1.86 bits per heavy atom. The van der Waals surface area contributed by atoms with Crippen molar-refractivity contribution in [2.24, 2.45) is 0 Å². The van der Waals surface area contributed by atoms with Crippen LogP contribution in [0.15, 0.2) is 199 Å². The van der Waals surface area contributed by atoms with Crippen LogP contribution < -0.4 is 20.3 Å². The second-order valence-corrected chi connectivity index (χ2v) is 15.5. The van der Waals surface area contributed by atoms with Gasteiger partial charge >= 0.3 is 6.92 Å². The molecule has 4 nitrogen and oxygen atoms in total. The van der Waals surface area contributed by atoms with Crippen LogP contribution in [-0.2, 0) is 0 Å². The van der Waals surface area contributed by atoms with Gasteiger partial charge < -0.3 is 18.4 Å². The minimum absolute atomic E-state index is 0.352. The third kappa shape index (κ3) is 4.73. The molecule has 0 spiro atoms. The topological polar surface area (TPSA) is 36.5 Å². The van der Waals surface area contributed by atoms with Gasteiger partial charge in [-0.05, 0) is 88.0 Å². The summed E-state index contributed by atoms with van der Waals surface area (Å²) in [7, 11) is 0. The number of nitrogens with zero attached hydrogens (tertiary/aromatic N) is 1. The summed E-state index contributed by atoms with van der Waals surface area (Å²) >= 11 is 0. The molecule has 0 unspecified atom stereocenters. The molecule has 0 radical (unpaired) electrons. The zero-order valence-electron chi connectivity index (χ0n) is 31.7. The van der Waals surface area contributed by atoms with Gasteiger partial charge in [-0.15, -0.1) is 0 Å². The summed E-state index contributed by atoms with van der Waals surface area (Å²) in [6.45, 7) is -0.352. The van der Waals surface area contributed by atoms with E-state index in [1.165, 1.54) is 21.8 Å². The van der Waals surface area contributed by atoms with E-state index in [-0.39, 0.29) is 6.92 Å². The molecule has 59 heavy (non-hydrogen) atoms. The SMILES string of the molecule is c1ccc2c(c1)OB1c3cc(-c4ccccc4-n4c5ccccc5c5ccccc54)ccc3Oc3cc(-c4ccccc4-c4cccc5oc6ccccc6c45)cc-2c31. The molecule has 0 atom stereocenters. The lowest BCUT2D eigenvalue weighted by Crippen LogP contribution is -2.53. The molecule has 2 aromatic heterocycles. The van der Waals surface area contributed by atoms with Gasteiger partial charge in [-0.2, -0.15) is 0 Å². The smallest absolute Gasteiger partial charge is 0.434 e. The molecular formula is C54H32BNO3. The summed E-state index contributed by atoms with van der Waals surface area (Å²) in [6.07, 6.45) is 0. The highest BCUT2D eigenvalue weighted by Gasteiger charge is 2.41. The number of furan rings is 1. The van der Waals surface area contributed by atoms with Crippen LogP contribution in [0, 0.1) is 0 Å². The minimum atomic E-state index is -0.352. The molecule has 0 saturated heterocycles. The van der Waals surface area contributed by atoms with Crippen molar-refractivity contribution in [2.45, 2.75) is 0 Å². The van der Waals surface area contributed by atoms with E-state index in [0.29, 0.717) is 0 Å². The number of benzene rings is 9. The summed E-state index contributed by atoms with van der Waals surface area (Å²) in [5.41, 5.74) is 16.2. The van der Waals surface area contributed by atoms with E-state index in [1.54, 1.807) is 0 Å². The Morgan fingerprint density at radius 1 is 0.390 bits per heavy atom. The molecule has 4 heterocycles. The van der Waals surface area contributed by atoms with E-state index in [1.807, 2.05) is 12.1 Å². The van der Waals surface area contributed by atoms with Crippen LogP contribution >= 0.6 is 0 Å². The predicted molar refractivity (Wildman–Crippen MR) is 242 cm³/mol. The van der Waals surface area contributed by atoms with Gasteiger partial charge in [-0.25, -0.2) is 0 Å². The average Bonchev–Trinajstić information content (AvgIpc) is 3.85. The fraction of sp³-hybridized carbons (Fsp3) is 0. The van der Waals surface area contributed by atoms with Crippen LogP contribution in [0.1, 0.15) is 0 Å². The van der Waals surface area contributed by atoms with E-state index in [2.05, 4.69) is 187 Å². The van der Waals surface area contributed by atoms with Crippen LogP contribution in [0.2, 0.25) is 0 Å². The summed E-state index contributed by atoms with van der Waals surface area (Å²) < 4.78 is 22.7. The standard InChI is InChI=1S/C54H32BNO3/c1-2-16-37(41-21-13-27-51-53(41)42-20-7-11-25-48(42)57-51)35(14-1)34-30-43-40-19-6-12-26-49(40)59-55-44-31-33(28-29-50(44)58-52(32-34)54(43)55)36-15-3-8-22-45(36)56-46-23-9-4-17-38(46)39-18-5-10-24-47(39)56/h1-32H. The first kappa shape index (κ1) is 32.3. The van der Waals surface area contributed by atoms with Gasteiger partial charge in [0, 0.05) is 43.6 Å². The Kier molecular flexibility index (Phi) is 6.78. The van der Waals surface area contributed by atoms with Gasteiger partial charge in [0.25, 0.3) is 0 Å². The highest BCUT2D eigenvalue weighted by atomic mass is 16.5. The van der Waals surface area contributed by atoms with Gasteiger partial charge in [-0.1, -0.05) is 140 Å². The zero-order valence-corrected chi connectivity index (χ0v) is 31.7. The Balaban J connectivity index is 0.978. The molecule has 0 saturated carbocycles. The van der Waals surface area contributed by atoms with Crippen molar-refractivity contribution >= 4 is 61.6 Å². The highest BCUT2D eigenvalue weighted by Crippen LogP contribution is 2.46. The molecule has 2 aliphatic heterocycles. The lowest BCUT2D eigenvalue weighted by atomic mass is 9.50. The van der Waals surface area contributed by atoms with Gasteiger partial charge in [0.1, 0.15) is 28.4 Å². The van der Waals surface area contributed by atoms with Crippen LogP contribution in [-0.4, -0.2) is 11.5 Å². The molecule has 2 aliphatic rings. The van der Waals surface area contributed by atoms with E-state index in [9.17, 15) is 0 Å². The van der Waals surface area contributed by atoms with Crippen LogP contribution in [0.3, 0.4) is 0 Å². The van der Waals surface area contributed by atoms with Crippen LogP contribution in [0.25, 0.3) is 93.9 Å². The van der Waals surface area contributed by atoms with Crippen molar-refractivity contribution < 1.29 is 13.8 Å². The first-order chi connectivity index (χ1) is 29.3. The average molecular weight is 754 g/mol. The molecule has 0 N–H and O–H groups in total. The first-order valence-electron chi connectivity index (χ1n) is 20.1. The van der Waals surface area contributed by atoms with Crippen molar-refractivity contribution in [1.29, 1.82) is 0 Å². The first-order valence-corrected chi connectivity index (χ1v) is 20.1. The molecule has 274 valence electrons. The number of para-hydroxylation sites is 5. The molecule has 5 heteroatoms. The summed E-state index contributed by atoms with van der Waals surface area (Å²) in [4.78, 5) is 0. The van der Waals surface area contributed by atoms with Crippen LogP contribution in [0.4, 0.5) is 0 Å². The number of rotatable bonds is 4. The molecule has 0 fully saturated rings. The van der Waals surface area contributed by atoms with Crippen molar-refractivity contribution in [2.75, 3.05) is 0 Å². The van der Waals surface area contributed by atoms with E-state index < -0.39 is 0 Å². The lowest BCUT2D eigenvalue weighted by Gasteiger charge is -2.33. The molecular weight excluding hydrogens is 721 g/mol. The van der Waals surface area contributed by atoms with E-state index in [4.69, 9.17) is 13.8 Å². The van der Waals surface area contributed by atoms with Crippen molar-refractivity contribution in [3.05, 3.63) is 194 Å². The van der Waals surface area contributed by atoms with Crippen LogP contribution in [0.5, 0.6) is 17.2 Å². The second kappa shape index (κ2) is 12.4. The normalized spacial score (nSPS) is 12.6. The zero-order chi connectivity index (χ0) is 38.6. The van der Waals surface area contributed by atoms with Crippen molar-refractivity contribution in [3.8, 4) is 67.4 Å². The Bertz CT molecular complexity index is 3490. The largest absolute Gasteiger partial charge is 0.551 e. The number of hydrogen-bond donors (Lipinski definition) is 0. The fourth-order valence-corrected chi connectivity index (χ4v) is 9.75. The molecule has 0 amide bonds. The van der Waals surface area contributed by atoms with Crippen molar-refractivity contribution in [1.82, 2.24) is 4.57 Å². The number of fused-ring (bicyclic) bond motifs is 10. The number of hydrogen-bond acceptors (Lipinski definition) is 3. The molecule has 9 aromatic carbocycles. The molecule has 0 bridgehead atoms. The highest BCUT2D eigenvalue weighted by molar-refractivity contribution is 6.84. The molecule has 0 aliphatic carbocycles. The van der Waals surface area contributed by atoms with Crippen molar-refractivity contribution in [3.63, 3.8) is 0 Å². The maximum absolute atomic E-state index is 7.00. The Labute approximate surface area is 340 Å². The molecule has 11 aromatic rings. The Morgan fingerprint density at radius 2 is 1.03 bits per heavy atom. The molecule has 13 rings (SSSR count). The van der Waals surface area contributed by atoms with E-state index >= 15 is 0 Å². The summed E-state index contributed by atoms with van der Waals surface area (Å²) in [5, 5.41) is 4.71. The summed E-state index contributed by atoms with van der Waals surface area (Å²) in [5.74, 6) is 2.47. The van der Waals surface area contributed by atoms with Gasteiger partial charge in [-0.3, -0.25) is 0 Å². The fourth-order valence-electron chi connectivity index (χ4n) is 9.75. The minimum Gasteiger partial charge on any atom is -0.551 e. The summed E-state index contributed by atoms with van der Waals surface area (Å²) in [6, 6.07) is 68.8. The monoisotopic (exact) mass is 753 g/mol. The third-order valence-electron chi connectivity index (χ3n) is 12.3. The van der Waals surface area contributed by atoms with E-state index in [0.717, 1.165) is 100 Å². The number of ether oxygens (including phenoxy) is 1. The Hall–Kier alpha value is -7.76.